The Morgan fingerprint density at radius 3 is 2.62 bits per heavy atom. The summed E-state index contributed by atoms with van der Waals surface area (Å²) in [6.07, 6.45) is 0. The molecule has 0 unspecified atom stereocenters. The molecule has 1 aromatic heterocycles. The van der Waals surface area contributed by atoms with Gasteiger partial charge in [0.25, 0.3) is 11.6 Å². The molecule has 6 nitrogen and oxygen atoms in total. The monoisotopic (exact) mass is 289 g/mol. The topological polar surface area (TPSA) is 85.1 Å². The lowest BCUT2D eigenvalue weighted by atomic mass is 10.1. The number of nitrogens with one attached hydrogen (secondary N) is 1. The van der Waals surface area contributed by atoms with E-state index in [1.165, 1.54) is 0 Å². The molecule has 0 aliphatic rings. The van der Waals surface area contributed by atoms with Crippen LogP contribution in [0.2, 0.25) is 0 Å². The lowest BCUT2D eigenvalue weighted by Crippen LogP contribution is -2.15. The number of amides is 1. The van der Waals surface area contributed by atoms with Crippen LogP contribution in [-0.4, -0.2) is 15.8 Å². The number of hydrogen-bond donors (Lipinski definition) is 1. The van der Waals surface area contributed by atoms with Gasteiger partial charge in [-0.1, -0.05) is 0 Å². The van der Waals surface area contributed by atoms with E-state index < -0.39 is 22.3 Å². The second-order valence-corrected chi connectivity index (χ2v) is 4.46. The number of benzene rings is 1. The molecule has 0 radical (unpaired) electrons. The summed E-state index contributed by atoms with van der Waals surface area (Å²) in [5, 5.41) is 13.4. The highest BCUT2D eigenvalue weighted by molar-refractivity contribution is 6.07. The smallest absolute Gasteiger partial charge is 0.282 e. The van der Waals surface area contributed by atoms with Crippen molar-refractivity contribution < 1.29 is 14.1 Å². The number of rotatable bonds is 3. The van der Waals surface area contributed by atoms with Crippen LogP contribution >= 0.6 is 0 Å². The fourth-order valence-corrected chi connectivity index (χ4v) is 1.86. The summed E-state index contributed by atoms with van der Waals surface area (Å²) in [6, 6.07) is 6.08. The van der Waals surface area contributed by atoms with Crippen LogP contribution < -0.4 is 5.32 Å². The number of halogens is 1. The van der Waals surface area contributed by atoms with Crippen LogP contribution in [0.25, 0.3) is 0 Å². The molecule has 2 rings (SSSR count). The Bertz CT molecular complexity index is 731. The molecule has 0 bridgehead atoms. The Morgan fingerprint density at radius 2 is 2.00 bits per heavy atom. The van der Waals surface area contributed by atoms with Crippen LogP contribution in [-0.2, 0) is 0 Å². The van der Waals surface area contributed by atoms with E-state index in [2.05, 4.69) is 10.3 Å². The van der Waals surface area contributed by atoms with E-state index in [-0.39, 0.29) is 5.56 Å². The maximum atomic E-state index is 13.2. The third-order valence-corrected chi connectivity index (χ3v) is 2.87. The molecule has 0 aliphatic carbocycles. The largest absolute Gasteiger partial charge is 0.320 e. The van der Waals surface area contributed by atoms with Crippen molar-refractivity contribution in [2.75, 3.05) is 5.32 Å². The number of nitro groups is 1. The van der Waals surface area contributed by atoms with Crippen molar-refractivity contribution in [2.45, 2.75) is 13.8 Å². The predicted octanol–water partition coefficient (Wildman–Crippen LogP) is 3.00. The minimum Gasteiger partial charge on any atom is -0.320 e. The van der Waals surface area contributed by atoms with Crippen LogP contribution in [0, 0.1) is 29.8 Å². The molecule has 2 aromatic rings. The SMILES string of the molecule is Cc1ccc(NC(=O)c2cc(F)ccc2[N+](=O)[O-])c(C)n1. The zero-order chi connectivity index (χ0) is 15.6. The van der Waals surface area contributed by atoms with Crippen molar-refractivity contribution in [1.29, 1.82) is 0 Å². The van der Waals surface area contributed by atoms with Crippen molar-refractivity contribution in [3.63, 3.8) is 0 Å². The van der Waals surface area contributed by atoms with Gasteiger partial charge in [0.05, 0.1) is 16.3 Å². The normalized spacial score (nSPS) is 10.2. The first-order valence-corrected chi connectivity index (χ1v) is 6.08. The van der Waals surface area contributed by atoms with Gasteiger partial charge < -0.3 is 5.32 Å². The average molecular weight is 289 g/mol. The molecule has 21 heavy (non-hydrogen) atoms. The molecule has 1 heterocycles. The van der Waals surface area contributed by atoms with Crippen molar-refractivity contribution in [3.8, 4) is 0 Å². The lowest BCUT2D eigenvalue weighted by molar-refractivity contribution is -0.385. The summed E-state index contributed by atoms with van der Waals surface area (Å²) < 4.78 is 13.2. The molecule has 1 amide bonds. The zero-order valence-electron chi connectivity index (χ0n) is 11.4. The summed E-state index contributed by atoms with van der Waals surface area (Å²) >= 11 is 0. The van der Waals surface area contributed by atoms with Crippen LogP contribution in [0.1, 0.15) is 21.7 Å². The average Bonchev–Trinajstić information content (AvgIpc) is 2.41. The molecule has 1 N–H and O–H groups in total. The number of pyridine rings is 1. The molecule has 0 saturated carbocycles. The molecular formula is C14H12FN3O3. The number of aromatic nitrogens is 1. The van der Waals surface area contributed by atoms with E-state index in [4.69, 9.17) is 0 Å². The van der Waals surface area contributed by atoms with Crippen molar-refractivity contribution in [2.24, 2.45) is 0 Å². The second-order valence-electron chi connectivity index (χ2n) is 4.46. The van der Waals surface area contributed by atoms with Gasteiger partial charge in [0.15, 0.2) is 0 Å². The highest BCUT2D eigenvalue weighted by Gasteiger charge is 2.21. The summed E-state index contributed by atoms with van der Waals surface area (Å²) in [5.74, 6) is -1.47. The fraction of sp³-hybridized carbons (Fsp3) is 0.143. The third kappa shape index (κ3) is 3.19. The Balaban J connectivity index is 2.36. The zero-order valence-corrected chi connectivity index (χ0v) is 11.4. The van der Waals surface area contributed by atoms with Gasteiger partial charge in [-0.25, -0.2) is 4.39 Å². The van der Waals surface area contributed by atoms with Gasteiger partial charge in [0, 0.05) is 11.8 Å². The number of anilines is 1. The van der Waals surface area contributed by atoms with Gasteiger partial charge in [0.2, 0.25) is 0 Å². The van der Waals surface area contributed by atoms with Crippen LogP contribution in [0.4, 0.5) is 15.8 Å². The van der Waals surface area contributed by atoms with Gasteiger partial charge in [-0.05, 0) is 38.1 Å². The minimum absolute atomic E-state index is 0.333. The molecule has 0 spiro atoms. The van der Waals surface area contributed by atoms with Gasteiger partial charge >= 0.3 is 0 Å². The van der Waals surface area contributed by atoms with Crippen molar-refractivity contribution in [3.05, 3.63) is 63.2 Å². The number of hydrogen-bond acceptors (Lipinski definition) is 4. The number of carbonyl (C=O) groups excluding carboxylic acids is 1. The van der Waals surface area contributed by atoms with E-state index in [0.29, 0.717) is 11.4 Å². The van der Waals surface area contributed by atoms with Crippen molar-refractivity contribution in [1.82, 2.24) is 4.98 Å². The number of nitro benzene ring substituents is 1. The van der Waals surface area contributed by atoms with Gasteiger partial charge in [-0.3, -0.25) is 19.9 Å². The summed E-state index contributed by atoms with van der Waals surface area (Å²) in [5.41, 5.74) is 0.986. The lowest BCUT2D eigenvalue weighted by Gasteiger charge is -2.08. The second kappa shape index (κ2) is 5.66. The third-order valence-electron chi connectivity index (χ3n) is 2.87. The first-order chi connectivity index (χ1) is 9.88. The molecule has 1 aromatic carbocycles. The van der Waals surface area contributed by atoms with E-state index in [9.17, 15) is 19.3 Å². The maximum absolute atomic E-state index is 13.2. The molecule has 0 aliphatic heterocycles. The summed E-state index contributed by atoms with van der Waals surface area (Å²) in [7, 11) is 0. The quantitative estimate of drug-likeness (QED) is 0.695. The molecule has 108 valence electrons. The van der Waals surface area contributed by atoms with Crippen LogP contribution in [0.15, 0.2) is 30.3 Å². The molecule has 0 saturated heterocycles. The van der Waals surface area contributed by atoms with Gasteiger partial charge in [-0.2, -0.15) is 0 Å². The highest BCUT2D eigenvalue weighted by atomic mass is 19.1. The Labute approximate surface area is 119 Å². The predicted molar refractivity (Wildman–Crippen MR) is 74.7 cm³/mol. The van der Waals surface area contributed by atoms with E-state index in [1.54, 1.807) is 26.0 Å². The maximum Gasteiger partial charge on any atom is 0.282 e. The first-order valence-electron chi connectivity index (χ1n) is 6.08. The summed E-state index contributed by atoms with van der Waals surface area (Å²) in [4.78, 5) is 26.5. The Morgan fingerprint density at radius 1 is 1.29 bits per heavy atom. The van der Waals surface area contributed by atoms with E-state index >= 15 is 0 Å². The van der Waals surface area contributed by atoms with Crippen molar-refractivity contribution >= 4 is 17.3 Å². The number of aryl methyl sites for hydroxylation is 2. The van der Waals surface area contributed by atoms with Crippen LogP contribution in [0.5, 0.6) is 0 Å². The Kier molecular flexibility index (Phi) is 3.93. The van der Waals surface area contributed by atoms with E-state index in [0.717, 1.165) is 23.9 Å². The van der Waals surface area contributed by atoms with Crippen LogP contribution in [0.3, 0.4) is 0 Å². The van der Waals surface area contributed by atoms with Gasteiger partial charge in [0.1, 0.15) is 11.4 Å². The van der Waals surface area contributed by atoms with E-state index in [1.807, 2.05) is 0 Å². The number of carbonyl (C=O) groups is 1. The minimum atomic E-state index is -0.755. The standard InChI is InChI=1S/C14H12FN3O3/c1-8-3-5-12(9(2)16-8)17-14(19)11-7-10(15)4-6-13(11)18(20)21/h3-7H,1-2H3,(H,17,19). The first kappa shape index (κ1) is 14.6. The molecule has 7 heteroatoms. The highest BCUT2D eigenvalue weighted by Crippen LogP contribution is 2.22. The summed E-state index contributed by atoms with van der Waals surface area (Å²) in [6.45, 7) is 3.50. The fourth-order valence-electron chi connectivity index (χ4n) is 1.86. The number of nitrogens with zero attached hydrogens (tertiary/aromatic N) is 2. The molecule has 0 atom stereocenters. The Hall–Kier alpha value is -2.83. The van der Waals surface area contributed by atoms with Gasteiger partial charge in [-0.15, -0.1) is 0 Å². The molecule has 0 fully saturated rings. The molecular weight excluding hydrogens is 277 g/mol.